The highest BCUT2D eigenvalue weighted by molar-refractivity contribution is 6.02. The Morgan fingerprint density at radius 2 is 2.19 bits per heavy atom. The highest BCUT2D eigenvalue weighted by Gasteiger charge is 2.28. The molecule has 4 heteroatoms. The SMILES string of the molecule is CC(=O)OC1CCOc2ccccc2C1=O. The van der Waals surface area contributed by atoms with E-state index in [0.29, 0.717) is 24.3 Å². The van der Waals surface area contributed by atoms with Gasteiger partial charge in [0.1, 0.15) is 5.75 Å². The molecule has 4 nitrogen and oxygen atoms in total. The molecule has 1 aliphatic rings. The second-order valence-corrected chi connectivity index (χ2v) is 3.60. The van der Waals surface area contributed by atoms with E-state index in [-0.39, 0.29) is 5.78 Å². The molecule has 0 bridgehead atoms. The number of Topliss-reactive ketones (excluding diaryl/α,β-unsaturated/α-hetero) is 1. The maximum absolute atomic E-state index is 12.0. The Hall–Kier alpha value is -1.84. The lowest BCUT2D eigenvalue weighted by molar-refractivity contribution is -0.144. The number of rotatable bonds is 1. The van der Waals surface area contributed by atoms with Crippen LogP contribution in [0, 0.1) is 0 Å². The summed E-state index contributed by atoms with van der Waals surface area (Å²) >= 11 is 0. The Balaban J connectivity index is 2.30. The standard InChI is InChI=1S/C12H12O4/c1-8(13)16-11-6-7-15-10-5-3-2-4-9(10)12(11)14/h2-5,11H,6-7H2,1H3. The Morgan fingerprint density at radius 1 is 1.44 bits per heavy atom. The molecule has 2 rings (SSSR count). The zero-order chi connectivity index (χ0) is 11.5. The van der Waals surface area contributed by atoms with Crippen LogP contribution < -0.4 is 4.74 Å². The van der Waals surface area contributed by atoms with Crippen molar-refractivity contribution in [2.45, 2.75) is 19.4 Å². The van der Waals surface area contributed by atoms with Crippen LogP contribution in [0.4, 0.5) is 0 Å². The van der Waals surface area contributed by atoms with E-state index in [4.69, 9.17) is 9.47 Å². The topological polar surface area (TPSA) is 52.6 Å². The third kappa shape index (κ3) is 2.05. The largest absolute Gasteiger partial charge is 0.493 e. The van der Waals surface area contributed by atoms with E-state index in [0.717, 1.165) is 0 Å². The van der Waals surface area contributed by atoms with Crippen LogP contribution in [-0.2, 0) is 9.53 Å². The molecular weight excluding hydrogens is 208 g/mol. The Kier molecular flexibility index (Phi) is 2.90. The van der Waals surface area contributed by atoms with E-state index in [2.05, 4.69) is 0 Å². The maximum atomic E-state index is 12.0. The van der Waals surface area contributed by atoms with Crippen molar-refractivity contribution < 1.29 is 19.1 Å². The highest BCUT2D eigenvalue weighted by Crippen LogP contribution is 2.24. The van der Waals surface area contributed by atoms with E-state index in [1.54, 1.807) is 24.3 Å². The van der Waals surface area contributed by atoms with Crippen molar-refractivity contribution in [3.63, 3.8) is 0 Å². The van der Waals surface area contributed by atoms with Gasteiger partial charge in [0.2, 0.25) is 5.78 Å². The number of para-hydroxylation sites is 1. The van der Waals surface area contributed by atoms with Crippen molar-refractivity contribution in [1.29, 1.82) is 0 Å². The van der Waals surface area contributed by atoms with Gasteiger partial charge in [-0.2, -0.15) is 0 Å². The summed E-state index contributed by atoms with van der Waals surface area (Å²) in [6, 6.07) is 6.98. The minimum absolute atomic E-state index is 0.191. The third-order valence-corrected chi connectivity index (χ3v) is 2.39. The van der Waals surface area contributed by atoms with Gasteiger partial charge < -0.3 is 9.47 Å². The lowest BCUT2D eigenvalue weighted by Crippen LogP contribution is -2.26. The fraction of sp³-hybridized carbons (Fsp3) is 0.333. The zero-order valence-electron chi connectivity index (χ0n) is 8.93. The molecule has 1 unspecified atom stereocenters. The van der Waals surface area contributed by atoms with Gasteiger partial charge in [-0.1, -0.05) is 12.1 Å². The number of esters is 1. The number of benzene rings is 1. The van der Waals surface area contributed by atoms with Crippen LogP contribution in [0.2, 0.25) is 0 Å². The first-order valence-corrected chi connectivity index (χ1v) is 5.12. The first kappa shape index (κ1) is 10.7. The first-order chi connectivity index (χ1) is 7.68. The average Bonchev–Trinajstić information content (AvgIpc) is 2.40. The van der Waals surface area contributed by atoms with Crippen LogP contribution in [0.1, 0.15) is 23.7 Å². The molecule has 84 valence electrons. The smallest absolute Gasteiger partial charge is 0.303 e. The maximum Gasteiger partial charge on any atom is 0.303 e. The second-order valence-electron chi connectivity index (χ2n) is 3.60. The number of hydrogen-bond donors (Lipinski definition) is 0. The van der Waals surface area contributed by atoms with Crippen molar-refractivity contribution in [2.75, 3.05) is 6.61 Å². The molecule has 0 fully saturated rings. The molecule has 16 heavy (non-hydrogen) atoms. The summed E-state index contributed by atoms with van der Waals surface area (Å²) in [5.41, 5.74) is 0.478. The van der Waals surface area contributed by atoms with E-state index in [9.17, 15) is 9.59 Å². The van der Waals surface area contributed by atoms with Crippen molar-refractivity contribution in [2.24, 2.45) is 0 Å². The molecule has 0 aliphatic carbocycles. The minimum atomic E-state index is -0.721. The molecule has 1 heterocycles. The quantitative estimate of drug-likeness (QED) is 0.674. The van der Waals surface area contributed by atoms with Gasteiger partial charge >= 0.3 is 5.97 Å². The summed E-state index contributed by atoms with van der Waals surface area (Å²) < 4.78 is 10.4. The van der Waals surface area contributed by atoms with Gasteiger partial charge in [0, 0.05) is 13.3 Å². The van der Waals surface area contributed by atoms with Gasteiger partial charge in [-0.05, 0) is 12.1 Å². The first-order valence-electron chi connectivity index (χ1n) is 5.12. The average molecular weight is 220 g/mol. The van der Waals surface area contributed by atoms with Crippen molar-refractivity contribution >= 4 is 11.8 Å². The Bertz CT molecular complexity index is 425. The number of carbonyl (C=O) groups is 2. The predicted molar refractivity (Wildman–Crippen MR) is 56.4 cm³/mol. The van der Waals surface area contributed by atoms with E-state index in [1.807, 2.05) is 0 Å². The van der Waals surface area contributed by atoms with Crippen molar-refractivity contribution in [3.05, 3.63) is 29.8 Å². The Labute approximate surface area is 93.2 Å². The molecule has 0 saturated heterocycles. The lowest BCUT2D eigenvalue weighted by Gasteiger charge is -2.11. The second kappa shape index (κ2) is 4.35. The summed E-state index contributed by atoms with van der Waals surface area (Å²) in [7, 11) is 0. The summed E-state index contributed by atoms with van der Waals surface area (Å²) in [6.07, 6.45) is -0.325. The molecule has 0 saturated carbocycles. The fourth-order valence-electron chi connectivity index (χ4n) is 1.69. The molecule has 1 aliphatic heterocycles. The molecule has 0 N–H and O–H groups in total. The molecule has 1 aromatic carbocycles. The van der Waals surface area contributed by atoms with Gasteiger partial charge in [-0.15, -0.1) is 0 Å². The number of ketones is 1. The van der Waals surface area contributed by atoms with E-state index in [1.165, 1.54) is 6.92 Å². The number of ether oxygens (including phenoxy) is 2. The fourth-order valence-corrected chi connectivity index (χ4v) is 1.69. The molecule has 0 radical (unpaired) electrons. The van der Waals surface area contributed by atoms with E-state index < -0.39 is 12.1 Å². The minimum Gasteiger partial charge on any atom is -0.493 e. The lowest BCUT2D eigenvalue weighted by atomic mass is 10.0. The highest BCUT2D eigenvalue weighted by atomic mass is 16.5. The van der Waals surface area contributed by atoms with Crippen LogP contribution in [0.25, 0.3) is 0 Å². The van der Waals surface area contributed by atoms with Crippen LogP contribution in [-0.4, -0.2) is 24.5 Å². The van der Waals surface area contributed by atoms with E-state index >= 15 is 0 Å². The third-order valence-electron chi connectivity index (χ3n) is 2.39. The number of hydrogen-bond acceptors (Lipinski definition) is 4. The normalized spacial score (nSPS) is 19.3. The summed E-state index contributed by atoms with van der Waals surface area (Å²) in [5.74, 6) is -0.0804. The molecule has 0 aromatic heterocycles. The van der Waals surface area contributed by atoms with Gasteiger partial charge in [0.15, 0.2) is 6.10 Å². The molecular formula is C12H12O4. The van der Waals surface area contributed by atoms with Gasteiger partial charge in [-0.25, -0.2) is 0 Å². The summed E-state index contributed by atoms with van der Waals surface area (Å²) in [5, 5.41) is 0. The van der Waals surface area contributed by atoms with Crippen LogP contribution in [0.5, 0.6) is 5.75 Å². The molecule has 0 spiro atoms. The summed E-state index contributed by atoms with van der Waals surface area (Å²) in [6.45, 7) is 1.67. The number of carbonyl (C=O) groups excluding carboxylic acids is 2. The van der Waals surface area contributed by atoms with Gasteiger partial charge in [0.25, 0.3) is 0 Å². The van der Waals surface area contributed by atoms with Crippen LogP contribution in [0.15, 0.2) is 24.3 Å². The van der Waals surface area contributed by atoms with Gasteiger partial charge in [-0.3, -0.25) is 9.59 Å². The zero-order valence-corrected chi connectivity index (χ0v) is 8.93. The Morgan fingerprint density at radius 3 is 2.94 bits per heavy atom. The van der Waals surface area contributed by atoms with Crippen molar-refractivity contribution in [3.8, 4) is 5.75 Å². The number of fused-ring (bicyclic) bond motifs is 1. The van der Waals surface area contributed by atoms with Crippen molar-refractivity contribution in [1.82, 2.24) is 0 Å². The van der Waals surface area contributed by atoms with Crippen LogP contribution in [0.3, 0.4) is 0 Å². The molecule has 0 amide bonds. The predicted octanol–water partition coefficient (Wildman–Crippen LogP) is 1.58. The monoisotopic (exact) mass is 220 g/mol. The van der Waals surface area contributed by atoms with Crippen LogP contribution >= 0.6 is 0 Å². The van der Waals surface area contributed by atoms with Gasteiger partial charge in [0.05, 0.1) is 12.2 Å². The summed E-state index contributed by atoms with van der Waals surface area (Å²) in [4.78, 5) is 22.9. The molecule has 1 aromatic rings. The molecule has 1 atom stereocenters.